The van der Waals surface area contributed by atoms with Crippen LogP contribution in [-0.4, -0.2) is 11.0 Å². The molecular weight excluding hydrogens is 421 g/mol. The summed E-state index contributed by atoms with van der Waals surface area (Å²) in [6.45, 7) is 1.95. The molecule has 1 heterocycles. The van der Waals surface area contributed by atoms with Gasteiger partial charge < -0.3 is 5.32 Å². The molecule has 0 fully saturated rings. The molecule has 0 aliphatic carbocycles. The Hall–Kier alpha value is -1.93. The molecule has 3 aromatic rings. The van der Waals surface area contributed by atoms with Crippen molar-refractivity contribution >= 4 is 50.8 Å². The third-order valence-electron chi connectivity index (χ3n) is 3.26. The molecule has 0 atom stereocenters. The molecule has 0 aliphatic rings. The largest absolute Gasteiger partial charge is 0.325 e. The molecule has 3 rings (SSSR count). The minimum absolute atomic E-state index is 0.289. The molecule has 0 bridgehead atoms. The first-order valence-corrected chi connectivity index (χ1v) is 8.93. The van der Waals surface area contributed by atoms with Gasteiger partial charge in [0.1, 0.15) is 0 Å². The van der Waals surface area contributed by atoms with Gasteiger partial charge in [-0.1, -0.05) is 30.3 Å². The van der Waals surface area contributed by atoms with E-state index >= 15 is 0 Å². The molecular formula is C17H14IN3OS. The minimum Gasteiger partial charge on any atom is -0.307 e. The average molecular weight is 435 g/mol. The van der Waals surface area contributed by atoms with Gasteiger partial charge in [-0.05, 0) is 53.3 Å². The number of hydrogen-bond acceptors (Lipinski definition) is 3. The second-order valence-electron chi connectivity index (χ2n) is 4.94. The summed E-state index contributed by atoms with van der Waals surface area (Å²) in [7, 11) is 0. The highest BCUT2D eigenvalue weighted by atomic mass is 127. The van der Waals surface area contributed by atoms with Crippen molar-refractivity contribution in [3.63, 3.8) is 0 Å². The van der Waals surface area contributed by atoms with Crippen LogP contribution in [0.2, 0.25) is 0 Å². The van der Waals surface area contributed by atoms with Crippen molar-refractivity contribution in [2.45, 2.75) is 6.92 Å². The first-order valence-electron chi connectivity index (χ1n) is 6.97. The van der Waals surface area contributed by atoms with Gasteiger partial charge in [-0.15, -0.1) is 11.3 Å². The summed E-state index contributed by atoms with van der Waals surface area (Å²) in [5.41, 5.74) is 3.70. The quantitative estimate of drug-likeness (QED) is 0.544. The number of carbonyl (C=O) groups excluding carboxylic acids is 1. The van der Waals surface area contributed by atoms with Gasteiger partial charge in [-0.2, -0.15) is 0 Å². The summed E-state index contributed by atoms with van der Waals surface area (Å²) in [5, 5.41) is 8.12. The molecule has 23 heavy (non-hydrogen) atoms. The monoisotopic (exact) mass is 435 g/mol. The van der Waals surface area contributed by atoms with E-state index in [1.54, 1.807) is 0 Å². The Bertz CT molecular complexity index is 830. The number of amides is 2. The van der Waals surface area contributed by atoms with Gasteiger partial charge in [0, 0.05) is 20.2 Å². The Morgan fingerprint density at radius 2 is 1.83 bits per heavy atom. The smallest absolute Gasteiger partial charge is 0.307 e. The zero-order valence-corrected chi connectivity index (χ0v) is 15.3. The third-order valence-corrected chi connectivity index (χ3v) is 4.73. The number of benzene rings is 2. The van der Waals surface area contributed by atoms with Crippen LogP contribution in [0.1, 0.15) is 5.56 Å². The number of urea groups is 1. The number of thiazole rings is 1. The standard InChI is InChI=1S/C17H14IN3OS/c1-11-4-2-3-5-14(11)19-16(22)21-17-20-15(10-23-17)12-6-8-13(18)9-7-12/h2-10H,1H3,(H2,19,20,21,22). The van der Waals surface area contributed by atoms with E-state index in [0.717, 1.165) is 22.5 Å². The Balaban J connectivity index is 1.68. The first-order chi connectivity index (χ1) is 11.1. The SMILES string of the molecule is Cc1ccccc1NC(=O)Nc1nc(-c2ccc(I)cc2)cs1. The number of rotatable bonds is 3. The summed E-state index contributed by atoms with van der Waals surface area (Å²) < 4.78 is 1.18. The molecule has 0 spiro atoms. The van der Waals surface area contributed by atoms with Crippen LogP contribution in [-0.2, 0) is 0 Å². The lowest BCUT2D eigenvalue weighted by Crippen LogP contribution is -2.19. The number of para-hydroxylation sites is 1. The highest BCUT2D eigenvalue weighted by Crippen LogP contribution is 2.25. The molecule has 6 heteroatoms. The molecule has 2 N–H and O–H groups in total. The molecule has 4 nitrogen and oxygen atoms in total. The molecule has 0 aliphatic heterocycles. The maximum absolute atomic E-state index is 12.1. The number of aromatic nitrogens is 1. The normalized spacial score (nSPS) is 10.3. The summed E-state index contributed by atoms with van der Waals surface area (Å²) in [6.07, 6.45) is 0. The van der Waals surface area contributed by atoms with Crippen LogP contribution in [0.3, 0.4) is 0 Å². The van der Waals surface area contributed by atoms with Crippen molar-refractivity contribution in [3.05, 3.63) is 63.0 Å². The summed E-state index contributed by atoms with van der Waals surface area (Å²) in [4.78, 5) is 16.5. The number of aryl methyl sites for hydroxylation is 1. The van der Waals surface area contributed by atoms with Crippen LogP contribution < -0.4 is 10.6 Å². The topological polar surface area (TPSA) is 54.0 Å². The van der Waals surface area contributed by atoms with Crippen LogP contribution in [0.15, 0.2) is 53.9 Å². The van der Waals surface area contributed by atoms with E-state index in [9.17, 15) is 4.79 Å². The van der Waals surface area contributed by atoms with Crippen molar-refractivity contribution < 1.29 is 4.79 Å². The molecule has 1 aromatic heterocycles. The van der Waals surface area contributed by atoms with Gasteiger partial charge in [0.25, 0.3) is 0 Å². The Morgan fingerprint density at radius 3 is 2.57 bits per heavy atom. The van der Waals surface area contributed by atoms with Crippen LogP contribution in [0, 0.1) is 10.5 Å². The number of anilines is 2. The summed E-state index contributed by atoms with van der Waals surface area (Å²) in [6, 6.07) is 15.5. The van der Waals surface area contributed by atoms with E-state index in [-0.39, 0.29) is 6.03 Å². The van der Waals surface area contributed by atoms with Crippen molar-refractivity contribution in [2.75, 3.05) is 10.6 Å². The van der Waals surface area contributed by atoms with Crippen molar-refractivity contribution in [1.82, 2.24) is 4.98 Å². The fourth-order valence-corrected chi connectivity index (χ4v) is 3.12. The van der Waals surface area contributed by atoms with Gasteiger partial charge in [0.05, 0.1) is 5.69 Å². The van der Waals surface area contributed by atoms with Gasteiger partial charge in [-0.25, -0.2) is 9.78 Å². The van der Waals surface area contributed by atoms with Gasteiger partial charge in [-0.3, -0.25) is 5.32 Å². The molecule has 0 radical (unpaired) electrons. The minimum atomic E-state index is -0.289. The average Bonchev–Trinajstić information content (AvgIpc) is 2.98. The van der Waals surface area contributed by atoms with Crippen LogP contribution >= 0.6 is 33.9 Å². The highest BCUT2D eigenvalue weighted by Gasteiger charge is 2.09. The van der Waals surface area contributed by atoms with Crippen LogP contribution in [0.25, 0.3) is 11.3 Å². The maximum Gasteiger partial charge on any atom is 0.325 e. The van der Waals surface area contributed by atoms with E-state index in [1.165, 1.54) is 14.9 Å². The Kier molecular flexibility index (Phi) is 4.92. The van der Waals surface area contributed by atoms with E-state index in [0.29, 0.717) is 5.13 Å². The third kappa shape index (κ3) is 4.08. The summed E-state index contributed by atoms with van der Waals surface area (Å²) in [5.74, 6) is 0. The molecule has 116 valence electrons. The maximum atomic E-state index is 12.1. The second-order valence-corrected chi connectivity index (χ2v) is 7.04. The first kappa shape index (κ1) is 15.9. The van der Waals surface area contributed by atoms with Gasteiger partial charge >= 0.3 is 6.03 Å². The van der Waals surface area contributed by atoms with Crippen molar-refractivity contribution in [2.24, 2.45) is 0 Å². The second kappa shape index (κ2) is 7.10. The summed E-state index contributed by atoms with van der Waals surface area (Å²) >= 11 is 3.67. The van der Waals surface area contributed by atoms with E-state index in [2.05, 4.69) is 38.2 Å². The lowest BCUT2D eigenvalue weighted by atomic mass is 10.2. The highest BCUT2D eigenvalue weighted by molar-refractivity contribution is 14.1. The molecule has 0 saturated heterocycles. The van der Waals surface area contributed by atoms with Gasteiger partial charge in [0.2, 0.25) is 0 Å². The molecule has 2 aromatic carbocycles. The molecule has 2 amide bonds. The lowest BCUT2D eigenvalue weighted by Gasteiger charge is -2.07. The van der Waals surface area contributed by atoms with Crippen LogP contribution in [0.4, 0.5) is 15.6 Å². The van der Waals surface area contributed by atoms with Gasteiger partial charge in [0.15, 0.2) is 5.13 Å². The fraction of sp³-hybridized carbons (Fsp3) is 0.0588. The van der Waals surface area contributed by atoms with Crippen molar-refractivity contribution in [1.29, 1.82) is 0 Å². The number of carbonyl (C=O) groups is 1. The predicted octanol–water partition coefficient (Wildman–Crippen LogP) is 5.37. The van der Waals surface area contributed by atoms with Crippen molar-refractivity contribution in [3.8, 4) is 11.3 Å². The number of halogens is 1. The van der Waals surface area contributed by atoms with E-state index < -0.39 is 0 Å². The van der Waals surface area contributed by atoms with E-state index in [4.69, 9.17) is 0 Å². The Labute approximate surface area is 152 Å². The Morgan fingerprint density at radius 1 is 1.09 bits per heavy atom. The molecule has 0 saturated carbocycles. The molecule has 0 unspecified atom stereocenters. The number of nitrogens with zero attached hydrogens (tertiary/aromatic N) is 1. The lowest BCUT2D eigenvalue weighted by molar-refractivity contribution is 0.262. The fourth-order valence-electron chi connectivity index (χ4n) is 2.05. The van der Waals surface area contributed by atoms with Crippen LogP contribution in [0.5, 0.6) is 0 Å². The predicted molar refractivity (Wildman–Crippen MR) is 104 cm³/mol. The zero-order chi connectivity index (χ0) is 16.2. The number of nitrogens with one attached hydrogen (secondary N) is 2. The van der Waals surface area contributed by atoms with E-state index in [1.807, 2.05) is 60.8 Å². The number of hydrogen-bond donors (Lipinski definition) is 2. The zero-order valence-electron chi connectivity index (χ0n) is 12.3.